The lowest BCUT2D eigenvalue weighted by molar-refractivity contribution is 0.592. The summed E-state index contributed by atoms with van der Waals surface area (Å²) in [4.78, 5) is 7.15. The fraction of sp³-hybridized carbons (Fsp3) is 0.348. The largest absolute Gasteiger partial charge is 0.356 e. The summed E-state index contributed by atoms with van der Waals surface area (Å²) in [5.74, 6) is 0.692. The fourth-order valence-corrected chi connectivity index (χ4v) is 5.32. The monoisotopic (exact) mass is 471 g/mol. The summed E-state index contributed by atoms with van der Waals surface area (Å²) in [6.45, 7) is 9.62. The van der Waals surface area contributed by atoms with E-state index >= 15 is 0 Å². The lowest BCUT2D eigenvalue weighted by atomic mass is 10.1. The highest BCUT2D eigenvalue weighted by molar-refractivity contribution is 7.91. The Labute approximate surface area is 192 Å². The van der Waals surface area contributed by atoms with Crippen LogP contribution in [0.1, 0.15) is 37.8 Å². The second-order valence-electron chi connectivity index (χ2n) is 7.96. The van der Waals surface area contributed by atoms with Gasteiger partial charge in [-0.05, 0) is 68.1 Å². The van der Waals surface area contributed by atoms with Gasteiger partial charge >= 0.3 is 0 Å². The molecule has 4 aromatic rings. The van der Waals surface area contributed by atoms with E-state index in [1.54, 1.807) is 24.3 Å². The maximum atomic E-state index is 13.5. The van der Waals surface area contributed by atoms with Crippen molar-refractivity contribution in [2.24, 2.45) is 0 Å². The average Bonchev–Trinajstić information content (AvgIpc) is 3.19. The normalized spacial score (nSPS) is 12.0. The predicted octanol–water partition coefficient (Wildman–Crippen LogP) is 5.01. The lowest BCUT2D eigenvalue weighted by Gasteiger charge is -2.24. The standard InChI is InChI=1S/C23H26ClN5O2S/c1-5-11-28(12-6-2)21-19-14-17(24)8-10-20(19)29-22(25-21)23(26-27-29)32(30,31)18-9-7-15(3)16(4)13-18/h7-10,13-14H,5-6,11-12H2,1-4H3. The van der Waals surface area contributed by atoms with Crippen LogP contribution in [0.2, 0.25) is 5.02 Å². The summed E-state index contributed by atoms with van der Waals surface area (Å²) in [6.07, 6.45) is 1.86. The Morgan fingerprint density at radius 3 is 2.38 bits per heavy atom. The van der Waals surface area contributed by atoms with Gasteiger partial charge in [0.05, 0.1) is 10.4 Å². The van der Waals surface area contributed by atoms with E-state index < -0.39 is 9.84 Å². The van der Waals surface area contributed by atoms with Gasteiger partial charge in [-0.25, -0.2) is 13.4 Å². The Balaban J connectivity index is 2.02. The van der Waals surface area contributed by atoms with Crippen molar-refractivity contribution in [1.29, 1.82) is 0 Å². The number of hydrogen-bond acceptors (Lipinski definition) is 6. The summed E-state index contributed by atoms with van der Waals surface area (Å²) >= 11 is 6.30. The van der Waals surface area contributed by atoms with E-state index in [1.165, 1.54) is 4.52 Å². The molecule has 0 saturated heterocycles. The molecule has 4 rings (SSSR count). The minimum Gasteiger partial charge on any atom is -0.356 e. The molecule has 0 radical (unpaired) electrons. The Kier molecular flexibility index (Phi) is 6.09. The number of hydrogen-bond donors (Lipinski definition) is 0. The van der Waals surface area contributed by atoms with Gasteiger partial charge < -0.3 is 4.90 Å². The Hall–Kier alpha value is -2.71. The summed E-state index contributed by atoms with van der Waals surface area (Å²) in [5.41, 5.74) is 2.84. The number of benzene rings is 2. The van der Waals surface area contributed by atoms with Gasteiger partial charge in [-0.3, -0.25) is 0 Å². The van der Waals surface area contributed by atoms with Crippen molar-refractivity contribution in [3.8, 4) is 0 Å². The number of aryl methyl sites for hydroxylation is 2. The SMILES string of the molecule is CCCN(CCC)c1nc2c(S(=O)(=O)c3ccc(C)c(C)c3)nnn2c2ccc(Cl)cc12. The van der Waals surface area contributed by atoms with Crippen molar-refractivity contribution in [1.82, 2.24) is 19.8 Å². The second kappa shape index (κ2) is 8.67. The third-order valence-electron chi connectivity index (χ3n) is 5.59. The van der Waals surface area contributed by atoms with E-state index in [2.05, 4.69) is 29.1 Å². The number of fused-ring (bicyclic) bond motifs is 3. The molecule has 0 atom stereocenters. The van der Waals surface area contributed by atoms with Crippen molar-refractivity contribution < 1.29 is 8.42 Å². The molecule has 0 aliphatic carbocycles. The number of nitrogens with zero attached hydrogens (tertiary/aromatic N) is 5. The van der Waals surface area contributed by atoms with Crippen molar-refractivity contribution in [3.63, 3.8) is 0 Å². The van der Waals surface area contributed by atoms with Crippen LogP contribution in [0.15, 0.2) is 46.3 Å². The third-order valence-corrected chi connectivity index (χ3v) is 7.47. The first-order chi connectivity index (χ1) is 15.3. The van der Waals surface area contributed by atoms with Crippen molar-refractivity contribution in [3.05, 3.63) is 52.5 Å². The smallest absolute Gasteiger partial charge is 0.229 e. The van der Waals surface area contributed by atoms with Crippen LogP contribution < -0.4 is 4.90 Å². The molecule has 2 aromatic carbocycles. The minimum absolute atomic E-state index is 0.146. The van der Waals surface area contributed by atoms with Crippen LogP contribution in [0.3, 0.4) is 0 Å². The van der Waals surface area contributed by atoms with Crippen molar-refractivity contribution in [2.45, 2.75) is 50.5 Å². The van der Waals surface area contributed by atoms with Crippen LogP contribution in [0.5, 0.6) is 0 Å². The first-order valence-electron chi connectivity index (χ1n) is 10.7. The summed E-state index contributed by atoms with van der Waals surface area (Å²) in [5, 5.41) is 9.48. The highest BCUT2D eigenvalue weighted by Crippen LogP contribution is 2.32. The van der Waals surface area contributed by atoms with Crippen LogP contribution in [-0.4, -0.2) is 41.3 Å². The van der Waals surface area contributed by atoms with Gasteiger partial charge in [0.2, 0.25) is 14.9 Å². The molecular formula is C23H26ClN5O2S. The van der Waals surface area contributed by atoms with Crippen molar-refractivity contribution >= 4 is 43.8 Å². The van der Waals surface area contributed by atoms with Gasteiger partial charge in [-0.1, -0.05) is 36.7 Å². The summed E-state index contributed by atoms with van der Waals surface area (Å²) in [7, 11) is -3.91. The van der Waals surface area contributed by atoms with E-state index in [9.17, 15) is 8.42 Å². The molecule has 7 nitrogen and oxygen atoms in total. The summed E-state index contributed by atoms with van der Waals surface area (Å²) in [6, 6.07) is 10.5. The Bertz CT molecular complexity index is 1410. The zero-order chi connectivity index (χ0) is 23.0. The van der Waals surface area contributed by atoms with Crippen LogP contribution in [-0.2, 0) is 9.84 Å². The summed E-state index contributed by atoms with van der Waals surface area (Å²) < 4.78 is 28.5. The minimum atomic E-state index is -3.91. The number of aromatic nitrogens is 4. The molecule has 0 amide bonds. The Morgan fingerprint density at radius 2 is 1.72 bits per heavy atom. The molecule has 0 saturated carbocycles. The molecule has 9 heteroatoms. The Morgan fingerprint density at radius 1 is 1.00 bits per heavy atom. The van der Waals surface area contributed by atoms with Gasteiger partial charge in [0.1, 0.15) is 5.82 Å². The second-order valence-corrected chi connectivity index (χ2v) is 10.3. The molecular weight excluding hydrogens is 446 g/mol. The van der Waals surface area contributed by atoms with E-state index in [4.69, 9.17) is 16.6 Å². The van der Waals surface area contributed by atoms with Crippen LogP contribution >= 0.6 is 11.6 Å². The van der Waals surface area contributed by atoms with Gasteiger partial charge in [-0.2, -0.15) is 4.52 Å². The van der Waals surface area contributed by atoms with Gasteiger partial charge in [0.15, 0.2) is 5.65 Å². The average molecular weight is 472 g/mol. The van der Waals surface area contributed by atoms with Crippen LogP contribution in [0.4, 0.5) is 5.82 Å². The zero-order valence-electron chi connectivity index (χ0n) is 18.6. The highest BCUT2D eigenvalue weighted by atomic mass is 35.5. The first kappa shape index (κ1) is 22.5. The van der Waals surface area contributed by atoms with Crippen LogP contribution in [0, 0.1) is 13.8 Å². The van der Waals surface area contributed by atoms with Crippen molar-refractivity contribution in [2.75, 3.05) is 18.0 Å². The molecule has 0 spiro atoms. The quantitative estimate of drug-likeness (QED) is 0.377. The topological polar surface area (TPSA) is 80.5 Å². The maximum Gasteiger partial charge on any atom is 0.229 e. The van der Waals surface area contributed by atoms with Crippen LogP contribution in [0.25, 0.3) is 16.6 Å². The predicted molar refractivity (Wildman–Crippen MR) is 127 cm³/mol. The van der Waals surface area contributed by atoms with E-state index in [0.29, 0.717) is 16.4 Å². The molecule has 0 aliphatic rings. The molecule has 168 valence electrons. The molecule has 32 heavy (non-hydrogen) atoms. The maximum absolute atomic E-state index is 13.5. The number of sulfone groups is 1. The lowest BCUT2D eigenvalue weighted by Crippen LogP contribution is -2.26. The molecule has 2 heterocycles. The first-order valence-corrected chi connectivity index (χ1v) is 12.6. The van der Waals surface area contributed by atoms with E-state index in [0.717, 1.165) is 42.4 Å². The molecule has 0 unspecified atom stereocenters. The molecule has 0 N–H and O–H groups in total. The molecule has 0 fully saturated rings. The highest BCUT2D eigenvalue weighted by Gasteiger charge is 2.28. The van der Waals surface area contributed by atoms with Gasteiger partial charge in [-0.15, -0.1) is 5.10 Å². The van der Waals surface area contributed by atoms with Gasteiger partial charge in [0, 0.05) is 23.5 Å². The van der Waals surface area contributed by atoms with E-state index in [-0.39, 0.29) is 15.6 Å². The van der Waals surface area contributed by atoms with Gasteiger partial charge in [0.25, 0.3) is 0 Å². The third kappa shape index (κ3) is 3.82. The fourth-order valence-electron chi connectivity index (χ4n) is 3.82. The molecule has 0 aliphatic heterocycles. The number of rotatable bonds is 7. The number of anilines is 1. The zero-order valence-corrected chi connectivity index (χ0v) is 20.2. The number of halogens is 1. The molecule has 2 aromatic heterocycles. The molecule has 0 bridgehead atoms. The van der Waals surface area contributed by atoms with E-state index in [1.807, 2.05) is 26.0 Å².